The Morgan fingerprint density at radius 1 is 0.949 bits per heavy atom. The van der Waals surface area contributed by atoms with Crippen molar-refractivity contribution in [1.82, 2.24) is 20.4 Å². The molecule has 0 amide bonds. The first-order chi connectivity index (χ1) is 18.7. The largest absolute Gasteiger partial charge is 0.377 e. The summed E-state index contributed by atoms with van der Waals surface area (Å²) in [4.78, 5) is 9.19. The van der Waals surface area contributed by atoms with Crippen molar-refractivity contribution in [2.45, 2.75) is 65.6 Å². The maximum absolute atomic E-state index is 13.5. The maximum Gasteiger partial charge on any atom is 0.263 e. The number of anilines is 1. The van der Waals surface area contributed by atoms with E-state index >= 15 is 0 Å². The lowest BCUT2D eigenvalue weighted by atomic mass is 9.97. The average Bonchev–Trinajstić information content (AvgIpc) is 3.23. The number of nitrogens with one attached hydrogen (secondary N) is 2. The summed E-state index contributed by atoms with van der Waals surface area (Å²) in [5, 5.41) is 7.32. The summed E-state index contributed by atoms with van der Waals surface area (Å²) in [6, 6.07) is 14.9. The average molecular weight is 550 g/mol. The Labute approximate surface area is 230 Å². The highest BCUT2D eigenvalue weighted by atomic mass is 32.2. The molecule has 0 aliphatic heterocycles. The summed E-state index contributed by atoms with van der Waals surface area (Å²) in [6.07, 6.45) is 0.793. The molecule has 4 aromatic rings. The SMILES string of the molecule is CCOCc1cc(CNCc2cc(C)nc(CC)n2)ccc1-c1ccccc1S(=O)(=O)Nc1noc(C)c1C. The molecule has 10 heteroatoms. The van der Waals surface area contributed by atoms with Crippen LogP contribution < -0.4 is 10.0 Å². The van der Waals surface area contributed by atoms with Gasteiger partial charge in [0.2, 0.25) is 0 Å². The van der Waals surface area contributed by atoms with E-state index in [1.54, 1.807) is 32.0 Å². The van der Waals surface area contributed by atoms with Crippen molar-refractivity contribution < 1.29 is 17.7 Å². The molecule has 0 atom stereocenters. The van der Waals surface area contributed by atoms with Crippen molar-refractivity contribution in [2.75, 3.05) is 11.3 Å². The number of hydrogen-bond acceptors (Lipinski definition) is 8. The molecule has 9 nitrogen and oxygen atoms in total. The Morgan fingerprint density at radius 2 is 1.74 bits per heavy atom. The number of aromatic nitrogens is 3. The molecular weight excluding hydrogens is 514 g/mol. The predicted molar refractivity (Wildman–Crippen MR) is 151 cm³/mol. The lowest BCUT2D eigenvalue weighted by Crippen LogP contribution is -2.16. The monoisotopic (exact) mass is 549 g/mol. The molecule has 2 heterocycles. The first kappa shape index (κ1) is 28.4. The van der Waals surface area contributed by atoms with Crippen LogP contribution in [0.1, 0.15) is 53.5 Å². The minimum atomic E-state index is -3.94. The summed E-state index contributed by atoms with van der Waals surface area (Å²) in [7, 11) is -3.94. The second-order valence-electron chi connectivity index (χ2n) is 9.32. The fourth-order valence-electron chi connectivity index (χ4n) is 4.25. The van der Waals surface area contributed by atoms with Gasteiger partial charge in [-0.1, -0.05) is 48.5 Å². The zero-order valence-corrected chi connectivity index (χ0v) is 23.9. The molecule has 0 spiro atoms. The third-order valence-corrected chi connectivity index (χ3v) is 7.79. The van der Waals surface area contributed by atoms with Gasteiger partial charge in [-0.25, -0.2) is 18.4 Å². The molecule has 0 radical (unpaired) electrons. The van der Waals surface area contributed by atoms with Gasteiger partial charge in [-0.3, -0.25) is 4.72 Å². The summed E-state index contributed by atoms with van der Waals surface area (Å²) in [5.41, 5.74) is 5.89. The molecule has 0 saturated heterocycles. The first-order valence-electron chi connectivity index (χ1n) is 13.0. The third kappa shape index (κ3) is 6.89. The van der Waals surface area contributed by atoms with Crippen LogP contribution in [0.4, 0.5) is 5.82 Å². The van der Waals surface area contributed by atoms with Gasteiger partial charge in [0.25, 0.3) is 10.0 Å². The lowest BCUT2D eigenvalue weighted by Gasteiger charge is -2.16. The van der Waals surface area contributed by atoms with Crippen LogP contribution in [0, 0.1) is 20.8 Å². The number of nitrogens with zero attached hydrogens (tertiary/aromatic N) is 3. The summed E-state index contributed by atoms with van der Waals surface area (Å²) >= 11 is 0. The van der Waals surface area contributed by atoms with Crippen LogP contribution in [-0.2, 0) is 40.9 Å². The van der Waals surface area contributed by atoms with Gasteiger partial charge in [0.05, 0.1) is 17.2 Å². The smallest absolute Gasteiger partial charge is 0.263 e. The van der Waals surface area contributed by atoms with Crippen molar-refractivity contribution in [2.24, 2.45) is 0 Å². The summed E-state index contributed by atoms with van der Waals surface area (Å²) in [5.74, 6) is 1.58. The van der Waals surface area contributed by atoms with Crippen LogP contribution in [0.5, 0.6) is 0 Å². The quantitative estimate of drug-likeness (QED) is 0.246. The first-order valence-corrected chi connectivity index (χ1v) is 14.5. The van der Waals surface area contributed by atoms with E-state index < -0.39 is 10.0 Å². The van der Waals surface area contributed by atoms with Gasteiger partial charge in [-0.05, 0) is 56.5 Å². The molecule has 39 heavy (non-hydrogen) atoms. The van der Waals surface area contributed by atoms with Crippen LogP contribution in [0.15, 0.2) is 57.9 Å². The van der Waals surface area contributed by atoms with E-state index in [1.165, 1.54) is 0 Å². The van der Waals surface area contributed by atoms with Crippen molar-refractivity contribution in [3.63, 3.8) is 0 Å². The molecule has 0 unspecified atom stereocenters. The molecule has 0 fully saturated rings. The molecule has 2 aromatic heterocycles. The molecule has 206 valence electrons. The minimum absolute atomic E-state index is 0.152. The van der Waals surface area contributed by atoms with Crippen molar-refractivity contribution in [3.8, 4) is 11.1 Å². The van der Waals surface area contributed by atoms with Crippen LogP contribution in [0.25, 0.3) is 11.1 Å². The normalized spacial score (nSPS) is 11.6. The highest BCUT2D eigenvalue weighted by molar-refractivity contribution is 7.92. The van der Waals surface area contributed by atoms with E-state index in [0.29, 0.717) is 43.2 Å². The van der Waals surface area contributed by atoms with Crippen molar-refractivity contribution in [3.05, 3.63) is 88.2 Å². The number of hydrogen-bond donors (Lipinski definition) is 2. The van der Waals surface area contributed by atoms with Crippen molar-refractivity contribution >= 4 is 15.8 Å². The number of rotatable bonds is 12. The molecule has 0 bridgehead atoms. The number of aryl methyl sites for hydroxylation is 3. The molecular formula is C29H35N5O4S. The van der Waals surface area contributed by atoms with Gasteiger partial charge < -0.3 is 14.6 Å². The van der Waals surface area contributed by atoms with Gasteiger partial charge in [0, 0.05) is 42.9 Å². The van der Waals surface area contributed by atoms with Crippen LogP contribution in [0.3, 0.4) is 0 Å². The number of sulfonamides is 1. The Hall–Kier alpha value is -3.60. The Bertz CT molecular complexity index is 1550. The minimum Gasteiger partial charge on any atom is -0.377 e. The summed E-state index contributed by atoms with van der Waals surface area (Å²) < 4.78 is 40.4. The standard InChI is InChI=1S/C29H35N5O4S/c1-6-28-31-19(3)14-24(32-28)17-30-16-22-12-13-25(23(15-22)18-37-7-2)26-10-8-9-11-27(26)39(35,36)34-29-20(4)21(5)38-33-29/h8-15,30H,6-7,16-18H2,1-5H3,(H,33,34). The van der Waals surface area contributed by atoms with Gasteiger partial charge in [0.1, 0.15) is 11.6 Å². The van der Waals surface area contributed by atoms with Crippen LogP contribution >= 0.6 is 0 Å². The predicted octanol–water partition coefficient (Wildman–Crippen LogP) is 5.25. The fourth-order valence-corrected chi connectivity index (χ4v) is 5.53. The van der Waals surface area contributed by atoms with Gasteiger partial charge >= 0.3 is 0 Å². The van der Waals surface area contributed by atoms with E-state index in [-0.39, 0.29) is 10.7 Å². The molecule has 2 aromatic carbocycles. The van der Waals surface area contributed by atoms with E-state index in [9.17, 15) is 8.42 Å². The number of benzene rings is 2. The van der Waals surface area contributed by atoms with E-state index in [1.807, 2.05) is 45.0 Å². The Balaban J connectivity index is 1.60. The van der Waals surface area contributed by atoms with Gasteiger partial charge in [-0.2, -0.15) is 0 Å². The lowest BCUT2D eigenvalue weighted by molar-refractivity contribution is 0.134. The fraction of sp³-hybridized carbons (Fsp3) is 0.345. The van der Waals surface area contributed by atoms with Crippen LogP contribution in [-0.4, -0.2) is 30.1 Å². The van der Waals surface area contributed by atoms with Gasteiger partial charge in [0.15, 0.2) is 5.82 Å². The molecule has 0 saturated carbocycles. The second-order valence-corrected chi connectivity index (χ2v) is 11.0. The van der Waals surface area contributed by atoms with Crippen LogP contribution in [0.2, 0.25) is 0 Å². The number of ether oxygens (including phenoxy) is 1. The van der Waals surface area contributed by atoms with E-state index in [2.05, 4.69) is 31.2 Å². The highest BCUT2D eigenvalue weighted by Gasteiger charge is 2.23. The second kappa shape index (κ2) is 12.5. The topological polar surface area (TPSA) is 119 Å². The molecule has 2 N–H and O–H groups in total. The van der Waals surface area contributed by atoms with Crippen molar-refractivity contribution in [1.29, 1.82) is 0 Å². The highest BCUT2D eigenvalue weighted by Crippen LogP contribution is 2.33. The Morgan fingerprint density at radius 3 is 2.46 bits per heavy atom. The zero-order chi connectivity index (χ0) is 28.0. The molecule has 4 rings (SSSR count). The zero-order valence-electron chi connectivity index (χ0n) is 23.0. The summed E-state index contributed by atoms with van der Waals surface area (Å²) in [6.45, 7) is 11.6. The van der Waals surface area contributed by atoms with E-state index in [0.717, 1.165) is 40.3 Å². The maximum atomic E-state index is 13.5. The molecule has 0 aliphatic rings. The molecule has 0 aliphatic carbocycles. The Kier molecular flexibility index (Phi) is 9.11. The third-order valence-electron chi connectivity index (χ3n) is 6.39. The van der Waals surface area contributed by atoms with Gasteiger partial charge in [-0.15, -0.1) is 0 Å². The van der Waals surface area contributed by atoms with E-state index in [4.69, 9.17) is 9.26 Å².